The fourth-order valence-corrected chi connectivity index (χ4v) is 4.16. The minimum Gasteiger partial charge on any atom is -0.394 e. The number of benzene rings is 1. The second kappa shape index (κ2) is 9.67. The zero-order chi connectivity index (χ0) is 23.5. The third kappa shape index (κ3) is 4.88. The van der Waals surface area contributed by atoms with Gasteiger partial charge in [0.2, 0.25) is 5.82 Å². The molecule has 0 spiro atoms. The van der Waals surface area contributed by atoms with Crippen LogP contribution in [0, 0.1) is 18.3 Å². The van der Waals surface area contributed by atoms with Gasteiger partial charge in [-0.2, -0.15) is 10.2 Å². The second-order valence-electron chi connectivity index (χ2n) is 8.65. The van der Waals surface area contributed by atoms with Crippen LogP contribution in [0.25, 0.3) is 22.8 Å². The average molecular weight is 449 g/mol. The van der Waals surface area contributed by atoms with Gasteiger partial charge in [0.1, 0.15) is 11.9 Å². The zero-order valence-electron chi connectivity index (χ0n) is 19.0. The van der Waals surface area contributed by atoms with Crippen LogP contribution in [0.15, 0.2) is 28.9 Å². The number of rotatable bonds is 7. The number of nitriles is 1. The highest BCUT2D eigenvalue weighted by Crippen LogP contribution is 2.31. The van der Waals surface area contributed by atoms with Crippen LogP contribution in [0.2, 0.25) is 0 Å². The molecule has 9 nitrogen and oxygen atoms in total. The van der Waals surface area contributed by atoms with Crippen LogP contribution >= 0.6 is 0 Å². The molecule has 1 aromatic carbocycles. The summed E-state index contributed by atoms with van der Waals surface area (Å²) >= 11 is 0. The summed E-state index contributed by atoms with van der Waals surface area (Å²) < 4.78 is 5.51. The van der Waals surface area contributed by atoms with Gasteiger partial charge >= 0.3 is 0 Å². The van der Waals surface area contributed by atoms with Crippen LogP contribution in [-0.2, 0) is 13.0 Å². The number of nitrogens with one attached hydrogen (secondary N) is 1. The van der Waals surface area contributed by atoms with Crippen molar-refractivity contribution in [3.05, 3.63) is 46.6 Å². The van der Waals surface area contributed by atoms with Gasteiger partial charge in [-0.05, 0) is 49.9 Å². The molecule has 4 rings (SSSR count). The van der Waals surface area contributed by atoms with Crippen LogP contribution in [-0.4, -0.2) is 62.1 Å². The van der Waals surface area contributed by atoms with Crippen LogP contribution in [0.4, 0.5) is 5.82 Å². The summed E-state index contributed by atoms with van der Waals surface area (Å²) in [5.41, 5.74) is 5.47. The first-order chi connectivity index (χ1) is 15.9. The average Bonchev–Trinajstić information content (AvgIpc) is 3.29. The van der Waals surface area contributed by atoms with E-state index in [0.29, 0.717) is 35.2 Å². The molecular formula is C24H28N6O3. The van der Waals surface area contributed by atoms with Gasteiger partial charge in [-0.3, -0.25) is 4.90 Å². The van der Waals surface area contributed by atoms with Crippen molar-refractivity contribution >= 4 is 5.82 Å². The van der Waals surface area contributed by atoms with Gasteiger partial charge in [0.25, 0.3) is 5.89 Å². The summed E-state index contributed by atoms with van der Waals surface area (Å²) in [5.74, 6) is 1.33. The Morgan fingerprint density at radius 3 is 2.88 bits per heavy atom. The second-order valence-corrected chi connectivity index (χ2v) is 8.65. The van der Waals surface area contributed by atoms with E-state index in [2.05, 4.69) is 44.4 Å². The van der Waals surface area contributed by atoms with Crippen molar-refractivity contribution in [1.82, 2.24) is 20.0 Å². The normalized spacial score (nSPS) is 14.7. The SMILES string of the molecule is Cc1c(-c2noc(-c3cnc(NC(C)C)c(C#N)c3)n2)ccc2c1CCN(C[C@H](O)CO)C2. The molecule has 0 saturated heterocycles. The van der Waals surface area contributed by atoms with Crippen LogP contribution in [0.1, 0.15) is 36.1 Å². The third-order valence-corrected chi connectivity index (χ3v) is 5.79. The Labute approximate surface area is 192 Å². The Balaban J connectivity index is 1.58. The van der Waals surface area contributed by atoms with Crippen LogP contribution < -0.4 is 5.32 Å². The highest BCUT2D eigenvalue weighted by Gasteiger charge is 2.23. The molecule has 0 radical (unpaired) electrons. The zero-order valence-corrected chi connectivity index (χ0v) is 19.0. The summed E-state index contributed by atoms with van der Waals surface area (Å²) in [4.78, 5) is 11.1. The molecule has 3 N–H and O–H groups in total. The quantitative estimate of drug-likeness (QED) is 0.499. The molecule has 1 aliphatic heterocycles. The van der Waals surface area contributed by atoms with E-state index in [1.54, 1.807) is 12.3 Å². The fourth-order valence-electron chi connectivity index (χ4n) is 4.16. The lowest BCUT2D eigenvalue weighted by Gasteiger charge is -2.31. The largest absolute Gasteiger partial charge is 0.394 e. The first-order valence-corrected chi connectivity index (χ1v) is 11.0. The number of aromatic nitrogens is 3. The van der Waals surface area contributed by atoms with Gasteiger partial charge in [-0.25, -0.2) is 4.98 Å². The minimum absolute atomic E-state index is 0.157. The number of aliphatic hydroxyl groups is 2. The molecule has 1 atom stereocenters. The van der Waals surface area contributed by atoms with E-state index in [-0.39, 0.29) is 12.6 Å². The van der Waals surface area contributed by atoms with Gasteiger partial charge in [-0.15, -0.1) is 0 Å². The number of pyridine rings is 1. The van der Waals surface area contributed by atoms with Crippen molar-refractivity contribution in [1.29, 1.82) is 5.26 Å². The number of fused-ring (bicyclic) bond motifs is 1. The maximum Gasteiger partial charge on any atom is 0.259 e. The number of nitrogens with zero attached hydrogens (tertiary/aromatic N) is 5. The van der Waals surface area contributed by atoms with E-state index in [1.807, 2.05) is 19.9 Å². The van der Waals surface area contributed by atoms with Gasteiger partial charge in [0.05, 0.1) is 23.8 Å². The Morgan fingerprint density at radius 1 is 1.33 bits per heavy atom. The molecule has 1 aliphatic rings. The lowest BCUT2D eigenvalue weighted by Crippen LogP contribution is -2.38. The van der Waals surface area contributed by atoms with Gasteiger partial charge in [0.15, 0.2) is 0 Å². The molecule has 0 unspecified atom stereocenters. The topological polar surface area (TPSA) is 131 Å². The molecule has 9 heteroatoms. The summed E-state index contributed by atoms with van der Waals surface area (Å²) in [7, 11) is 0. The predicted octanol–water partition coefficient (Wildman–Crippen LogP) is 2.51. The maximum atomic E-state index is 9.74. The molecular weight excluding hydrogens is 420 g/mol. The molecule has 0 bridgehead atoms. The molecule has 0 saturated carbocycles. The Bertz CT molecular complexity index is 1180. The first-order valence-electron chi connectivity index (χ1n) is 11.0. The van der Waals surface area contributed by atoms with Crippen LogP contribution in [0.3, 0.4) is 0 Å². The van der Waals surface area contributed by atoms with Crippen molar-refractivity contribution in [2.75, 3.05) is 25.0 Å². The van der Waals surface area contributed by atoms with Crippen LogP contribution in [0.5, 0.6) is 0 Å². The lowest BCUT2D eigenvalue weighted by molar-refractivity contribution is 0.0551. The van der Waals surface area contributed by atoms with E-state index < -0.39 is 6.10 Å². The van der Waals surface area contributed by atoms with Crippen molar-refractivity contribution in [2.45, 2.75) is 45.9 Å². The highest BCUT2D eigenvalue weighted by atomic mass is 16.5. The van der Waals surface area contributed by atoms with E-state index in [0.717, 1.165) is 30.6 Å². The van der Waals surface area contributed by atoms with E-state index in [4.69, 9.17) is 9.63 Å². The predicted molar refractivity (Wildman–Crippen MR) is 123 cm³/mol. The number of aliphatic hydroxyl groups excluding tert-OH is 2. The minimum atomic E-state index is -0.726. The van der Waals surface area contributed by atoms with Gasteiger partial charge < -0.3 is 20.1 Å². The van der Waals surface area contributed by atoms with E-state index >= 15 is 0 Å². The van der Waals surface area contributed by atoms with Crippen molar-refractivity contribution in [2.24, 2.45) is 0 Å². The Hall–Kier alpha value is -3.32. The Morgan fingerprint density at radius 2 is 2.15 bits per heavy atom. The van der Waals surface area contributed by atoms with Gasteiger partial charge in [-0.1, -0.05) is 17.3 Å². The van der Waals surface area contributed by atoms with Crippen molar-refractivity contribution in [3.63, 3.8) is 0 Å². The number of hydrogen-bond acceptors (Lipinski definition) is 9. The summed E-state index contributed by atoms with van der Waals surface area (Å²) in [6, 6.07) is 8.07. The lowest BCUT2D eigenvalue weighted by atomic mass is 9.91. The molecule has 172 valence electrons. The number of β-amino-alcohol motifs (C(OH)–C–C–N with tert-alkyl or cyclic N) is 1. The first kappa shape index (κ1) is 22.9. The molecule has 3 aromatic rings. The molecule has 0 fully saturated rings. The fraction of sp³-hybridized carbons (Fsp3) is 0.417. The standard InChI is InChI=1S/C24H28N6O3/c1-14(2)27-22-17(9-25)8-18(10-26-22)24-28-23(29-33-24)21-5-4-16-11-30(12-19(32)13-31)7-6-20(16)15(21)3/h4-5,8,10,14,19,31-32H,6-7,11-13H2,1-3H3,(H,26,27)/t19-/m0/s1. The molecule has 2 aromatic heterocycles. The third-order valence-electron chi connectivity index (χ3n) is 5.79. The molecule has 33 heavy (non-hydrogen) atoms. The number of hydrogen-bond donors (Lipinski definition) is 3. The molecule has 3 heterocycles. The molecule has 0 amide bonds. The summed E-state index contributed by atoms with van der Waals surface area (Å²) in [6.07, 6.45) is 1.74. The monoisotopic (exact) mass is 448 g/mol. The van der Waals surface area contributed by atoms with Crippen molar-refractivity contribution in [3.8, 4) is 28.9 Å². The summed E-state index contributed by atoms with van der Waals surface area (Å²) in [5, 5.41) is 35.7. The van der Waals surface area contributed by atoms with E-state index in [1.165, 1.54) is 11.1 Å². The summed E-state index contributed by atoms with van der Waals surface area (Å²) in [6.45, 7) is 7.79. The Kier molecular flexibility index (Phi) is 6.70. The number of anilines is 1. The molecule has 0 aliphatic carbocycles. The van der Waals surface area contributed by atoms with E-state index in [9.17, 15) is 10.4 Å². The van der Waals surface area contributed by atoms with Gasteiger partial charge in [0, 0.05) is 37.4 Å². The van der Waals surface area contributed by atoms with Crippen molar-refractivity contribution < 1.29 is 14.7 Å². The smallest absolute Gasteiger partial charge is 0.259 e. The maximum absolute atomic E-state index is 9.74. The highest BCUT2D eigenvalue weighted by molar-refractivity contribution is 5.67.